The highest BCUT2D eigenvalue weighted by molar-refractivity contribution is 9.16. The second-order valence-corrected chi connectivity index (χ2v) is 6.52. The van der Waals surface area contributed by atoms with Gasteiger partial charge in [-0.3, -0.25) is 0 Å². The Morgan fingerprint density at radius 1 is 0.818 bits per heavy atom. The van der Waals surface area contributed by atoms with Crippen molar-refractivity contribution in [2.75, 3.05) is 0 Å². The highest BCUT2D eigenvalue weighted by Crippen LogP contribution is 2.43. The monoisotopic (exact) mass is 426 g/mol. The Hall–Kier alpha value is 1.62. The van der Waals surface area contributed by atoms with Crippen LogP contribution in [-0.4, -0.2) is 0 Å². The molecule has 0 bridgehead atoms. The van der Waals surface area contributed by atoms with Crippen molar-refractivity contribution in [3.63, 3.8) is 0 Å². The fourth-order valence-corrected chi connectivity index (χ4v) is 4.58. The molecule has 1 aromatic heterocycles. The van der Waals surface area contributed by atoms with Gasteiger partial charge < -0.3 is 0 Å². The summed E-state index contributed by atoms with van der Waals surface area (Å²) in [6, 6.07) is 0. The molecule has 0 aliphatic heterocycles. The summed E-state index contributed by atoms with van der Waals surface area (Å²) in [4.78, 5) is 0. The maximum atomic E-state index is 3.39. The molecular weight excluding hydrogens is 424 g/mol. The fourth-order valence-electron chi connectivity index (χ4n) is 0.341. The maximum absolute atomic E-state index is 3.39. The van der Waals surface area contributed by atoms with Crippen LogP contribution in [0.4, 0.5) is 0 Å². The van der Waals surface area contributed by atoms with E-state index < -0.39 is 0 Å². The maximum Gasteiger partial charge on any atom is 0.0864 e. The second kappa shape index (κ2) is 6.13. The van der Waals surface area contributed by atoms with Crippen LogP contribution < -0.4 is 0 Å². The largest absolute Gasteiger partial charge is 0.119 e. The second-order valence-electron chi connectivity index (χ2n) is 1.28. The molecule has 0 saturated carbocycles. The van der Waals surface area contributed by atoms with E-state index in [0.717, 1.165) is 16.5 Å². The van der Waals surface area contributed by atoms with Gasteiger partial charge in [-0.15, -0.1) is 11.3 Å². The molecule has 0 amide bonds. The molecule has 0 atom stereocenters. The fraction of sp³-hybridized carbons (Fsp3) is 0.333. The molecule has 1 aromatic rings. The van der Waals surface area contributed by atoms with Gasteiger partial charge in [0.15, 0.2) is 0 Å². The summed E-state index contributed by atoms with van der Waals surface area (Å²) >= 11 is 15.2. The van der Waals surface area contributed by atoms with Gasteiger partial charge in [-0.05, 0) is 63.7 Å². The highest BCUT2D eigenvalue weighted by atomic mass is 79.9. The van der Waals surface area contributed by atoms with Crippen molar-refractivity contribution in [2.24, 2.45) is 0 Å². The minimum Gasteiger partial charge on any atom is -0.119 e. The zero-order chi connectivity index (χ0) is 9.02. The minimum absolute atomic E-state index is 1.07. The zero-order valence-corrected chi connectivity index (χ0v) is 13.1. The summed E-state index contributed by atoms with van der Waals surface area (Å²) in [6.45, 7) is 4.00. The van der Waals surface area contributed by atoms with E-state index in [9.17, 15) is 0 Å². The molecule has 64 valence electrons. The molecule has 5 heteroatoms. The van der Waals surface area contributed by atoms with Crippen LogP contribution in [-0.2, 0) is 0 Å². The molecule has 0 nitrogen and oxygen atoms in total. The Labute approximate surface area is 104 Å². The first-order valence-corrected chi connectivity index (χ1v) is 6.90. The van der Waals surface area contributed by atoms with E-state index in [2.05, 4.69) is 63.7 Å². The first-order valence-electron chi connectivity index (χ1n) is 2.91. The molecule has 0 aliphatic carbocycles. The molecule has 11 heavy (non-hydrogen) atoms. The summed E-state index contributed by atoms with van der Waals surface area (Å²) in [7, 11) is 0. The normalized spacial score (nSPS) is 8.91. The van der Waals surface area contributed by atoms with Gasteiger partial charge in [0.05, 0.1) is 16.5 Å². The van der Waals surface area contributed by atoms with E-state index >= 15 is 0 Å². The van der Waals surface area contributed by atoms with Gasteiger partial charge in [0.25, 0.3) is 0 Å². The van der Waals surface area contributed by atoms with Crippen molar-refractivity contribution >= 4 is 75.1 Å². The number of thiophene rings is 1. The number of halogens is 4. The van der Waals surface area contributed by atoms with Crippen LogP contribution in [0.25, 0.3) is 0 Å². The van der Waals surface area contributed by atoms with Crippen LogP contribution in [0.5, 0.6) is 0 Å². The Morgan fingerprint density at radius 3 is 1.18 bits per heavy atom. The van der Waals surface area contributed by atoms with Crippen LogP contribution in [0.2, 0.25) is 0 Å². The van der Waals surface area contributed by atoms with E-state index in [0.29, 0.717) is 0 Å². The Kier molecular flexibility index (Phi) is 7.03. The molecule has 0 unspecified atom stereocenters. The van der Waals surface area contributed by atoms with Gasteiger partial charge in [0, 0.05) is 0 Å². The smallest absolute Gasteiger partial charge is 0.0864 e. The third-order valence-electron chi connectivity index (χ3n) is 0.717. The van der Waals surface area contributed by atoms with Crippen LogP contribution in [0.1, 0.15) is 13.8 Å². The standard InChI is InChI=1S/C4Br4S.C2H6/c5-1-2(6)4(8)9-3(1)7;1-2/h;1-2H3. The topological polar surface area (TPSA) is 0 Å². The lowest BCUT2D eigenvalue weighted by Gasteiger charge is -1.82. The molecule has 0 aliphatic rings. The lowest BCUT2D eigenvalue weighted by molar-refractivity contribution is 1.50. The van der Waals surface area contributed by atoms with Crippen molar-refractivity contribution in [3.8, 4) is 0 Å². The summed E-state index contributed by atoms with van der Waals surface area (Å²) < 4.78 is 4.33. The van der Waals surface area contributed by atoms with Crippen LogP contribution in [0.15, 0.2) is 16.5 Å². The average Bonchev–Trinajstić information content (AvgIpc) is 2.22. The van der Waals surface area contributed by atoms with Crippen molar-refractivity contribution in [1.82, 2.24) is 0 Å². The number of rotatable bonds is 0. The third kappa shape index (κ3) is 3.46. The van der Waals surface area contributed by atoms with E-state index in [4.69, 9.17) is 0 Å². The third-order valence-corrected chi connectivity index (χ3v) is 6.96. The van der Waals surface area contributed by atoms with Crippen molar-refractivity contribution in [1.29, 1.82) is 0 Å². The molecule has 0 aromatic carbocycles. The van der Waals surface area contributed by atoms with Crippen molar-refractivity contribution < 1.29 is 0 Å². The Balaban J connectivity index is 0.000000461. The molecule has 0 fully saturated rings. The van der Waals surface area contributed by atoms with Gasteiger partial charge >= 0.3 is 0 Å². The van der Waals surface area contributed by atoms with Gasteiger partial charge in [-0.2, -0.15) is 0 Å². The van der Waals surface area contributed by atoms with Crippen molar-refractivity contribution in [2.45, 2.75) is 13.8 Å². The molecule has 0 radical (unpaired) electrons. The first-order chi connectivity index (χ1) is 5.13. The zero-order valence-electron chi connectivity index (χ0n) is 5.92. The van der Waals surface area contributed by atoms with Crippen molar-refractivity contribution in [3.05, 3.63) is 16.5 Å². The van der Waals surface area contributed by atoms with Gasteiger partial charge in [0.2, 0.25) is 0 Å². The Morgan fingerprint density at radius 2 is 1.09 bits per heavy atom. The van der Waals surface area contributed by atoms with Gasteiger partial charge in [-0.25, -0.2) is 0 Å². The van der Waals surface area contributed by atoms with Gasteiger partial charge in [-0.1, -0.05) is 13.8 Å². The summed E-state index contributed by atoms with van der Waals surface area (Å²) in [5.41, 5.74) is 0. The molecule has 0 N–H and O–H groups in total. The van der Waals surface area contributed by atoms with E-state index in [1.165, 1.54) is 0 Å². The molecular formula is C6H6Br4S. The summed E-state index contributed by atoms with van der Waals surface area (Å²) in [5.74, 6) is 0. The van der Waals surface area contributed by atoms with Crippen LogP contribution >= 0.6 is 75.1 Å². The lowest BCUT2D eigenvalue weighted by atomic mass is 10.7. The van der Waals surface area contributed by atoms with E-state index in [1.54, 1.807) is 11.3 Å². The molecule has 0 saturated heterocycles. The molecule has 0 spiro atoms. The van der Waals surface area contributed by atoms with Gasteiger partial charge in [0.1, 0.15) is 0 Å². The van der Waals surface area contributed by atoms with E-state index in [-0.39, 0.29) is 0 Å². The minimum atomic E-state index is 1.07. The van der Waals surface area contributed by atoms with Crippen LogP contribution in [0.3, 0.4) is 0 Å². The Bertz CT molecular complexity index is 208. The molecule has 1 rings (SSSR count). The first kappa shape index (κ1) is 12.6. The summed E-state index contributed by atoms with van der Waals surface area (Å²) in [6.07, 6.45) is 0. The van der Waals surface area contributed by atoms with Crippen LogP contribution in [0, 0.1) is 0 Å². The number of hydrogen-bond acceptors (Lipinski definition) is 1. The van der Waals surface area contributed by atoms with E-state index in [1.807, 2.05) is 13.8 Å². The number of hydrogen-bond donors (Lipinski definition) is 0. The molecule has 1 heterocycles. The SMILES string of the molecule is Brc1sc(Br)c(Br)c1Br.CC. The average molecular weight is 430 g/mol. The predicted molar refractivity (Wildman–Crippen MR) is 66.5 cm³/mol. The predicted octanol–water partition coefficient (Wildman–Crippen LogP) is 5.82. The lowest BCUT2D eigenvalue weighted by Crippen LogP contribution is -1.54. The quantitative estimate of drug-likeness (QED) is 0.487. The summed E-state index contributed by atoms with van der Waals surface area (Å²) in [5, 5.41) is 0. The highest BCUT2D eigenvalue weighted by Gasteiger charge is 2.08.